The summed E-state index contributed by atoms with van der Waals surface area (Å²) in [6.45, 7) is 5.17. The number of amides is 2. The number of pyridine rings is 1. The van der Waals surface area contributed by atoms with E-state index < -0.39 is 29.6 Å². The molecule has 1 aromatic heterocycles. The van der Waals surface area contributed by atoms with Gasteiger partial charge in [0.15, 0.2) is 0 Å². The SMILES string of the molecule is COC(=O)C(Cc1ccc(NC(=O)c2ccc(Cl)nc2Cl)cc1)NC(=O)OC(C)(C)C. The standard InChI is InChI=1S/C21H23Cl2N3O5/c1-21(2,3)31-20(29)25-15(19(28)30-4)11-12-5-7-13(8-6-12)24-18(27)14-9-10-16(22)26-17(14)23/h5-10,15H,11H2,1-4H3,(H,24,27)(H,25,29). The third-order valence-corrected chi connectivity index (χ3v) is 4.39. The maximum atomic E-state index is 12.4. The van der Waals surface area contributed by atoms with Crippen molar-refractivity contribution < 1.29 is 23.9 Å². The highest BCUT2D eigenvalue weighted by atomic mass is 35.5. The summed E-state index contributed by atoms with van der Waals surface area (Å²) in [5.41, 5.74) is 0.722. The summed E-state index contributed by atoms with van der Waals surface area (Å²) >= 11 is 11.7. The molecule has 10 heteroatoms. The first-order valence-corrected chi connectivity index (χ1v) is 10.0. The fourth-order valence-electron chi connectivity index (χ4n) is 2.53. The number of benzene rings is 1. The number of hydrogen-bond acceptors (Lipinski definition) is 6. The van der Waals surface area contributed by atoms with E-state index in [0.29, 0.717) is 5.69 Å². The van der Waals surface area contributed by atoms with Crippen molar-refractivity contribution in [1.82, 2.24) is 10.3 Å². The van der Waals surface area contributed by atoms with E-state index in [9.17, 15) is 14.4 Å². The number of carbonyl (C=O) groups is 3. The Hall–Kier alpha value is -2.84. The Morgan fingerprint density at radius 3 is 2.26 bits per heavy atom. The van der Waals surface area contributed by atoms with Gasteiger partial charge in [-0.1, -0.05) is 35.3 Å². The molecule has 2 amide bonds. The predicted molar refractivity (Wildman–Crippen MR) is 118 cm³/mol. The van der Waals surface area contributed by atoms with Crippen molar-refractivity contribution in [3.8, 4) is 0 Å². The average molecular weight is 468 g/mol. The van der Waals surface area contributed by atoms with Gasteiger partial charge in [0.2, 0.25) is 0 Å². The highest BCUT2D eigenvalue weighted by molar-refractivity contribution is 6.35. The molecule has 31 heavy (non-hydrogen) atoms. The van der Waals surface area contributed by atoms with Crippen LogP contribution in [0.25, 0.3) is 0 Å². The fourth-order valence-corrected chi connectivity index (χ4v) is 2.96. The molecular formula is C21H23Cl2N3O5. The van der Waals surface area contributed by atoms with Crippen LogP contribution >= 0.6 is 23.2 Å². The van der Waals surface area contributed by atoms with E-state index in [1.807, 2.05) is 0 Å². The zero-order chi connectivity index (χ0) is 23.2. The van der Waals surface area contributed by atoms with Crippen LogP contribution in [0.5, 0.6) is 0 Å². The molecule has 1 aromatic carbocycles. The van der Waals surface area contributed by atoms with Gasteiger partial charge >= 0.3 is 12.1 Å². The van der Waals surface area contributed by atoms with Gasteiger partial charge in [-0.15, -0.1) is 0 Å². The van der Waals surface area contributed by atoms with Gasteiger partial charge in [0.25, 0.3) is 5.91 Å². The lowest BCUT2D eigenvalue weighted by molar-refractivity contribution is -0.143. The van der Waals surface area contributed by atoms with Crippen molar-refractivity contribution in [2.24, 2.45) is 0 Å². The lowest BCUT2D eigenvalue weighted by atomic mass is 10.1. The molecule has 0 saturated carbocycles. The van der Waals surface area contributed by atoms with Crippen molar-refractivity contribution in [2.45, 2.75) is 38.8 Å². The van der Waals surface area contributed by atoms with Crippen LogP contribution in [0.15, 0.2) is 36.4 Å². The van der Waals surface area contributed by atoms with Crippen molar-refractivity contribution in [3.63, 3.8) is 0 Å². The van der Waals surface area contributed by atoms with E-state index in [1.54, 1.807) is 45.0 Å². The third kappa shape index (κ3) is 7.73. The van der Waals surface area contributed by atoms with Crippen LogP contribution in [0.2, 0.25) is 10.3 Å². The Morgan fingerprint density at radius 2 is 1.71 bits per heavy atom. The first-order chi connectivity index (χ1) is 14.5. The molecule has 166 valence electrons. The number of ether oxygens (including phenoxy) is 2. The number of esters is 1. The van der Waals surface area contributed by atoms with E-state index >= 15 is 0 Å². The lowest BCUT2D eigenvalue weighted by Crippen LogP contribution is -2.45. The maximum absolute atomic E-state index is 12.4. The highest BCUT2D eigenvalue weighted by Gasteiger charge is 2.25. The highest BCUT2D eigenvalue weighted by Crippen LogP contribution is 2.19. The van der Waals surface area contributed by atoms with E-state index in [4.69, 9.17) is 32.7 Å². The Kier molecular flexibility index (Phi) is 8.24. The lowest BCUT2D eigenvalue weighted by Gasteiger charge is -2.22. The number of rotatable bonds is 6. The molecule has 0 spiro atoms. The summed E-state index contributed by atoms with van der Waals surface area (Å²) in [6, 6.07) is 8.76. The smallest absolute Gasteiger partial charge is 0.408 e. The minimum Gasteiger partial charge on any atom is -0.467 e. The number of carbonyl (C=O) groups excluding carboxylic acids is 3. The molecule has 0 aliphatic carbocycles. The number of hydrogen-bond donors (Lipinski definition) is 2. The van der Waals surface area contributed by atoms with Gasteiger partial charge in [-0.25, -0.2) is 14.6 Å². The van der Waals surface area contributed by atoms with Crippen molar-refractivity contribution in [1.29, 1.82) is 0 Å². The molecule has 1 atom stereocenters. The Labute approximate surface area is 190 Å². The second kappa shape index (κ2) is 10.5. The molecule has 0 aliphatic rings. The van der Waals surface area contributed by atoms with Gasteiger partial charge in [-0.2, -0.15) is 0 Å². The molecule has 0 aliphatic heterocycles. The zero-order valence-corrected chi connectivity index (χ0v) is 19.0. The van der Waals surface area contributed by atoms with Crippen molar-refractivity contribution >= 4 is 46.9 Å². The number of aromatic nitrogens is 1. The summed E-state index contributed by atoms with van der Waals surface area (Å²) in [7, 11) is 1.24. The van der Waals surface area contributed by atoms with Crippen molar-refractivity contribution in [3.05, 3.63) is 57.8 Å². The van der Waals surface area contributed by atoms with Gasteiger partial charge in [0, 0.05) is 12.1 Å². The van der Waals surface area contributed by atoms with Gasteiger partial charge in [0.1, 0.15) is 21.9 Å². The predicted octanol–water partition coefficient (Wildman–Crippen LogP) is 4.25. The summed E-state index contributed by atoms with van der Waals surface area (Å²) in [5, 5.41) is 5.40. The van der Waals surface area contributed by atoms with Gasteiger partial charge in [-0.3, -0.25) is 4.79 Å². The summed E-state index contributed by atoms with van der Waals surface area (Å²) in [5.74, 6) is -1.05. The molecule has 0 radical (unpaired) electrons. The second-order valence-corrected chi connectivity index (χ2v) is 8.29. The molecule has 2 rings (SSSR count). The van der Waals surface area contributed by atoms with Gasteiger partial charge < -0.3 is 20.1 Å². The van der Waals surface area contributed by atoms with E-state index in [2.05, 4.69) is 15.6 Å². The molecular weight excluding hydrogens is 445 g/mol. The second-order valence-electron chi connectivity index (χ2n) is 7.55. The number of nitrogens with zero attached hydrogens (tertiary/aromatic N) is 1. The Morgan fingerprint density at radius 1 is 1.06 bits per heavy atom. The van der Waals surface area contributed by atoms with Crippen LogP contribution in [0.1, 0.15) is 36.7 Å². The number of halogens is 2. The normalized spacial score (nSPS) is 11.9. The van der Waals surface area contributed by atoms with Gasteiger partial charge in [0.05, 0.1) is 12.7 Å². The van der Waals surface area contributed by atoms with Crippen LogP contribution < -0.4 is 10.6 Å². The van der Waals surface area contributed by atoms with E-state index in [0.717, 1.165) is 5.56 Å². The van der Waals surface area contributed by atoms with E-state index in [1.165, 1.54) is 19.2 Å². The van der Waals surface area contributed by atoms with Crippen LogP contribution in [0, 0.1) is 0 Å². The number of anilines is 1. The number of methoxy groups -OCH3 is 1. The molecule has 2 aromatic rings. The van der Waals surface area contributed by atoms with Crippen LogP contribution in [0.3, 0.4) is 0 Å². The minimum atomic E-state index is -0.931. The summed E-state index contributed by atoms with van der Waals surface area (Å²) < 4.78 is 9.96. The van der Waals surface area contributed by atoms with Gasteiger partial charge in [-0.05, 0) is 50.6 Å². The third-order valence-electron chi connectivity index (χ3n) is 3.89. The zero-order valence-electron chi connectivity index (χ0n) is 17.5. The molecule has 8 nitrogen and oxygen atoms in total. The average Bonchev–Trinajstić information content (AvgIpc) is 2.66. The maximum Gasteiger partial charge on any atom is 0.408 e. The van der Waals surface area contributed by atoms with Crippen LogP contribution in [0.4, 0.5) is 10.5 Å². The number of alkyl carbamates (subject to hydrolysis) is 1. The monoisotopic (exact) mass is 467 g/mol. The quantitative estimate of drug-likeness (QED) is 0.485. The van der Waals surface area contributed by atoms with Crippen LogP contribution in [-0.2, 0) is 20.7 Å². The molecule has 1 heterocycles. The van der Waals surface area contributed by atoms with E-state index in [-0.39, 0.29) is 22.3 Å². The first-order valence-electron chi connectivity index (χ1n) is 9.28. The Bertz CT molecular complexity index is 958. The minimum absolute atomic E-state index is 0.00393. The fraction of sp³-hybridized carbons (Fsp3) is 0.333. The topological polar surface area (TPSA) is 107 Å². The molecule has 0 saturated heterocycles. The molecule has 0 bridgehead atoms. The molecule has 2 N–H and O–H groups in total. The summed E-state index contributed by atoms with van der Waals surface area (Å²) in [4.78, 5) is 40.3. The largest absolute Gasteiger partial charge is 0.467 e. The van der Waals surface area contributed by atoms with Crippen molar-refractivity contribution in [2.75, 3.05) is 12.4 Å². The first kappa shape index (κ1) is 24.4. The summed E-state index contributed by atoms with van der Waals surface area (Å²) in [6.07, 6.45) is -0.548. The molecule has 1 unspecified atom stereocenters. The molecule has 0 fully saturated rings. The van der Waals surface area contributed by atoms with Crippen LogP contribution in [-0.4, -0.2) is 41.7 Å². The number of nitrogens with one attached hydrogen (secondary N) is 2. The Balaban J connectivity index is 2.05.